The Morgan fingerprint density at radius 3 is 2.70 bits per heavy atom. The quantitative estimate of drug-likeness (QED) is 0.710. The van der Waals surface area contributed by atoms with Crippen LogP contribution in [0.3, 0.4) is 0 Å². The van der Waals surface area contributed by atoms with Gasteiger partial charge in [0.15, 0.2) is 0 Å². The first-order valence-corrected chi connectivity index (χ1v) is 4.59. The molecule has 54 valence electrons. The molecule has 0 N–H and O–H groups in total. The van der Waals surface area contributed by atoms with Crippen LogP contribution in [0.2, 0.25) is 5.02 Å². The normalized spacial score (nSPS) is 9.90. The fourth-order valence-corrected chi connectivity index (χ4v) is 1.38. The first-order chi connectivity index (χ1) is 4.74. The van der Waals surface area contributed by atoms with E-state index in [1.165, 1.54) is 5.56 Å². The summed E-state index contributed by atoms with van der Waals surface area (Å²) in [4.78, 5) is 0. The van der Waals surface area contributed by atoms with E-state index < -0.39 is 0 Å². The first-order valence-electron chi connectivity index (χ1n) is 2.79. The maximum absolute atomic E-state index is 5.77. The average Bonchev–Trinajstić information content (AvgIpc) is 1.95. The number of hydrogen-bond donors (Lipinski definition) is 1. The SMILES string of the molecule is SCc1ccc(Cl)c(Br)c1. The Balaban J connectivity index is 3.04. The first kappa shape index (κ1) is 8.44. The van der Waals surface area contributed by atoms with Crippen LogP contribution in [0.1, 0.15) is 5.56 Å². The van der Waals surface area contributed by atoms with Crippen molar-refractivity contribution in [3.05, 3.63) is 33.3 Å². The molecule has 0 saturated carbocycles. The molecule has 0 bridgehead atoms. The number of rotatable bonds is 1. The summed E-state index contributed by atoms with van der Waals surface area (Å²) in [6.07, 6.45) is 0. The van der Waals surface area contributed by atoms with E-state index in [1.807, 2.05) is 18.2 Å². The van der Waals surface area contributed by atoms with Gasteiger partial charge in [-0.2, -0.15) is 12.6 Å². The van der Waals surface area contributed by atoms with Gasteiger partial charge < -0.3 is 0 Å². The van der Waals surface area contributed by atoms with Gasteiger partial charge >= 0.3 is 0 Å². The maximum atomic E-state index is 5.77. The lowest BCUT2D eigenvalue weighted by Crippen LogP contribution is -1.76. The zero-order valence-corrected chi connectivity index (χ0v) is 8.38. The molecule has 0 aliphatic rings. The van der Waals surface area contributed by atoms with Crippen LogP contribution < -0.4 is 0 Å². The molecule has 0 aliphatic heterocycles. The zero-order valence-electron chi connectivity index (χ0n) is 5.14. The highest BCUT2D eigenvalue weighted by molar-refractivity contribution is 9.10. The Labute approximate surface area is 79.1 Å². The summed E-state index contributed by atoms with van der Waals surface area (Å²) in [6.45, 7) is 0. The predicted molar refractivity (Wildman–Crippen MR) is 51.8 cm³/mol. The predicted octanol–water partition coefficient (Wildman–Crippen LogP) is 3.53. The van der Waals surface area contributed by atoms with Gasteiger partial charge in [0.05, 0.1) is 5.02 Å². The maximum Gasteiger partial charge on any atom is 0.0548 e. The third kappa shape index (κ3) is 1.91. The summed E-state index contributed by atoms with van der Waals surface area (Å²) in [6, 6.07) is 5.78. The van der Waals surface area contributed by atoms with Crippen molar-refractivity contribution in [1.29, 1.82) is 0 Å². The molecule has 0 heterocycles. The topological polar surface area (TPSA) is 0 Å². The van der Waals surface area contributed by atoms with Crippen molar-refractivity contribution >= 4 is 40.2 Å². The second-order valence-corrected chi connectivity index (χ2v) is 3.48. The van der Waals surface area contributed by atoms with Crippen LogP contribution >= 0.6 is 40.2 Å². The summed E-state index contributed by atoms with van der Waals surface area (Å²) in [5.74, 6) is 0.746. The molecule has 0 radical (unpaired) electrons. The van der Waals surface area contributed by atoms with Gasteiger partial charge in [0, 0.05) is 10.2 Å². The standard InChI is InChI=1S/C7H6BrClS/c8-6-3-5(4-10)1-2-7(6)9/h1-3,10H,4H2. The molecule has 0 unspecified atom stereocenters. The molecular weight excluding hydrogens is 232 g/mol. The summed E-state index contributed by atoms with van der Waals surface area (Å²) in [7, 11) is 0. The fourth-order valence-electron chi connectivity index (χ4n) is 0.638. The van der Waals surface area contributed by atoms with Crippen LogP contribution in [0.4, 0.5) is 0 Å². The lowest BCUT2D eigenvalue weighted by molar-refractivity contribution is 1.41. The van der Waals surface area contributed by atoms with E-state index in [9.17, 15) is 0 Å². The molecule has 1 aromatic carbocycles. The van der Waals surface area contributed by atoms with Gasteiger partial charge in [0.2, 0.25) is 0 Å². The van der Waals surface area contributed by atoms with Crippen molar-refractivity contribution in [2.75, 3.05) is 0 Å². The summed E-state index contributed by atoms with van der Waals surface area (Å²) < 4.78 is 0.931. The summed E-state index contributed by atoms with van der Waals surface area (Å²) in [5, 5.41) is 0.741. The minimum atomic E-state index is 0.741. The number of benzene rings is 1. The molecule has 0 spiro atoms. The highest BCUT2D eigenvalue weighted by atomic mass is 79.9. The van der Waals surface area contributed by atoms with E-state index in [0.717, 1.165) is 15.2 Å². The molecule has 0 aliphatic carbocycles. The molecule has 0 nitrogen and oxygen atoms in total. The highest BCUT2D eigenvalue weighted by Gasteiger charge is 1.95. The fraction of sp³-hybridized carbons (Fsp3) is 0.143. The minimum absolute atomic E-state index is 0.741. The van der Waals surface area contributed by atoms with Crippen molar-refractivity contribution in [3.63, 3.8) is 0 Å². The van der Waals surface area contributed by atoms with E-state index >= 15 is 0 Å². The van der Waals surface area contributed by atoms with Crippen molar-refractivity contribution in [2.45, 2.75) is 5.75 Å². The third-order valence-corrected chi connectivity index (χ3v) is 2.75. The smallest absolute Gasteiger partial charge is 0.0548 e. The van der Waals surface area contributed by atoms with Crippen LogP contribution in [0.5, 0.6) is 0 Å². The van der Waals surface area contributed by atoms with Crippen LogP contribution in [0, 0.1) is 0 Å². The zero-order chi connectivity index (χ0) is 7.56. The number of thiol groups is 1. The van der Waals surface area contributed by atoms with Crippen LogP contribution in [-0.4, -0.2) is 0 Å². The Hall–Kier alpha value is 0.340. The third-order valence-electron chi connectivity index (χ3n) is 1.17. The summed E-state index contributed by atoms with van der Waals surface area (Å²) >= 11 is 13.2. The van der Waals surface area contributed by atoms with Gasteiger partial charge in [-0.1, -0.05) is 17.7 Å². The van der Waals surface area contributed by atoms with E-state index in [-0.39, 0.29) is 0 Å². The van der Waals surface area contributed by atoms with E-state index in [4.69, 9.17) is 11.6 Å². The molecule has 1 aromatic rings. The van der Waals surface area contributed by atoms with Crippen molar-refractivity contribution in [1.82, 2.24) is 0 Å². The Bertz CT molecular complexity index is 237. The number of halogens is 2. The molecule has 0 amide bonds. The van der Waals surface area contributed by atoms with Gasteiger partial charge in [-0.3, -0.25) is 0 Å². The Morgan fingerprint density at radius 1 is 1.50 bits per heavy atom. The number of hydrogen-bond acceptors (Lipinski definition) is 1. The van der Waals surface area contributed by atoms with Crippen molar-refractivity contribution in [3.8, 4) is 0 Å². The second-order valence-electron chi connectivity index (χ2n) is 1.91. The molecule has 10 heavy (non-hydrogen) atoms. The highest BCUT2D eigenvalue weighted by Crippen LogP contribution is 2.23. The van der Waals surface area contributed by atoms with E-state index in [0.29, 0.717) is 0 Å². The molecule has 0 atom stereocenters. The van der Waals surface area contributed by atoms with E-state index in [1.54, 1.807) is 0 Å². The molecular formula is C7H6BrClS. The van der Waals surface area contributed by atoms with Crippen molar-refractivity contribution in [2.24, 2.45) is 0 Å². The van der Waals surface area contributed by atoms with Gasteiger partial charge in [-0.15, -0.1) is 0 Å². The Morgan fingerprint density at radius 2 is 2.20 bits per heavy atom. The Kier molecular flexibility index (Phi) is 3.08. The largest absolute Gasteiger partial charge is 0.175 e. The van der Waals surface area contributed by atoms with E-state index in [2.05, 4.69) is 28.6 Å². The lowest BCUT2D eigenvalue weighted by Gasteiger charge is -1.97. The lowest BCUT2D eigenvalue weighted by atomic mass is 10.2. The van der Waals surface area contributed by atoms with Crippen LogP contribution in [0.25, 0.3) is 0 Å². The van der Waals surface area contributed by atoms with Crippen LogP contribution in [-0.2, 0) is 5.75 Å². The molecule has 0 aromatic heterocycles. The molecule has 0 fully saturated rings. The van der Waals surface area contributed by atoms with Gasteiger partial charge in [-0.05, 0) is 33.6 Å². The van der Waals surface area contributed by atoms with Gasteiger partial charge in [0.25, 0.3) is 0 Å². The monoisotopic (exact) mass is 236 g/mol. The molecule has 3 heteroatoms. The van der Waals surface area contributed by atoms with Gasteiger partial charge in [0.1, 0.15) is 0 Å². The average molecular weight is 238 g/mol. The van der Waals surface area contributed by atoms with Gasteiger partial charge in [-0.25, -0.2) is 0 Å². The van der Waals surface area contributed by atoms with Crippen molar-refractivity contribution < 1.29 is 0 Å². The molecule has 1 rings (SSSR count). The summed E-state index contributed by atoms with van der Waals surface area (Å²) in [5.41, 5.74) is 1.17. The molecule has 0 saturated heterocycles. The second kappa shape index (κ2) is 3.65. The minimum Gasteiger partial charge on any atom is -0.175 e. The van der Waals surface area contributed by atoms with Crippen LogP contribution in [0.15, 0.2) is 22.7 Å².